The number of anilines is 1. The van der Waals surface area contributed by atoms with Crippen LogP contribution in [-0.2, 0) is 6.42 Å². The van der Waals surface area contributed by atoms with Crippen LogP contribution in [0.2, 0.25) is 0 Å². The van der Waals surface area contributed by atoms with Gasteiger partial charge in [-0.3, -0.25) is 4.98 Å². The van der Waals surface area contributed by atoms with Crippen LogP contribution in [0.4, 0.5) is 10.5 Å². The third kappa shape index (κ3) is 2.74. The number of nitrogens with one attached hydrogen (secondary N) is 1. The van der Waals surface area contributed by atoms with Crippen molar-refractivity contribution in [2.24, 2.45) is 5.73 Å². The van der Waals surface area contributed by atoms with E-state index in [-0.39, 0.29) is 0 Å². The maximum absolute atomic E-state index is 10.6. The van der Waals surface area contributed by atoms with E-state index in [2.05, 4.69) is 10.3 Å². The van der Waals surface area contributed by atoms with E-state index < -0.39 is 6.03 Å². The molecule has 13 heavy (non-hydrogen) atoms. The number of urea groups is 1. The molecular formula is C9H13N3O. The van der Waals surface area contributed by atoms with Crippen LogP contribution in [0.5, 0.6) is 0 Å². The first-order valence-electron chi connectivity index (χ1n) is 4.16. The lowest BCUT2D eigenvalue weighted by Crippen LogP contribution is -2.19. The standard InChI is InChI=1S/C9H13N3O/c1-3-7-5-8(12-9(10)13)4-6(2)11-7/h4-5H,3H2,1-2H3,(H3,10,11,12,13). The molecule has 0 bridgehead atoms. The predicted molar refractivity (Wildman–Crippen MR) is 51.6 cm³/mol. The van der Waals surface area contributed by atoms with Gasteiger partial charge in [0.25, 0.3) is 0 Å². The highest BCUT2D eigenvalue weighted by molar-refractivity contribution is 5.87. The first kappa shape index (κ1) is 9.51. The molecule has 0 unspecified atom stereocenters. The average Bonchev–Trinajstić information content (AvgIpc) is 2.01. The molecule has 0 fully saturated rings. The van der Waals surface area contributed by atoms with Crippen molar-refractivity contribution in [1.29, 1.82) is 0 Å². The quantitative estimate of drug-likeness (QED) is 0.721. The summed E-state index contributed by atoms with van der Waals surface area (Å²) >= 11 is 0. The van der Waals surface area contributed by atoms with Gasteiger partial charge >= 0.3 is 6.03 Å². The Morgan fingerprint density at radius 1 is 1.62 bits per heavy atom. The molecule has 0 aliphatic carbocycles. The SMILES string of the molecule is CCc1cc(NC(N)=O)cc(C)n1. The van der Waals surface area contributed by atoms with Crippen LogP contribution in [0, 0.1) is 6.92 Å². The van der Waals surface area contributed by atoms with E-state index in [1.807, 2.05) is 19.9 Å². The summed E-state index contributed by atoms with van der Waals surface area (Å²) in [5.74, 6) is 0. The van der Waals surface area contributed by atoms with Crippen LogP contribution < -0.4 is 11.1 Å². The van der Waals surface area contributed by atoms with E-state index >= 15 is 0 Å². The highest BCUT2D eigenvalue weighted by atomic mass is 16.2. The van der Waals surface area contributed by atoms with Crippen LogP contribution >= 0.6 is 0 Å². The van der Waals surface area contributed by atoms with Crippen molar-refractivity contribution in [3.8, 4) is 0 Å². The summed E-state index contributed by atoms with van der Waals surface area (Å²) in [4.78, 5) is 14.8. The minimum atomic E-state index is -0.548. The van der Waals surface area contributed by atoms with Crippen LogP contribution in [-0.4, -0.2) is 11.0 Å². The normalized spacial score (nSPS) is 9.69. The molecule has 0 spiro atoms. The summed E-state index contributed by atoms with van der Waals surface area (Å²) in [6, 6.07) is 3.05. The van der Waals surface area contributed by atoms with Crippen molar-refractivity contribution in [2.45, 2.75) is 20.3 Å². The Hall–Kier alpha value is -1.58. The number of nitrogens with two attached hydrogens (primary N) is 1. The maximum Gasteiger partial charge on any atom is 0.316 e. The number of carbonyl (C=O) groups is 1. The van der Waals surface area contributed by atoms with Gasteiger partial charge in [-0.25, -0.2) is 4.79 Å². The summed E-state index contributed by atoms with van der Waals surface area (Å²) in [6.07, 6.45) is 0.842. The molecule has 4 nitrogen and oxygen atoms in total. The number of carbonyl (C=O) groups excluding carboxylic acids is 1. The van der Waals surface area contributed by atoms with Gasteiger partial charge < -0.3 is 11.1 Å². The molecule has 0 radical (unpaired) electrons. The van der Waals surface area contributed by atoms with E-state index in [0.717, 1.165) is 17.8 Å². The topological polar surface area (TPSA) is 68.0 Å². The third-order valence-electron chi connectivity index (χ3n) is 1.64. The molecule has 1 rings (SSSR count). The molecule has 0 atom stereocenters. The zero-order valence-electron chi connectivity index (χ0n) is 7.79. The largest absolute Gasteiger partial charge is 0.351 e. The molecule has 0 aliphatic rings. The van der Waals surface area contributed by atoms with Gasteiger partial charge in [-0.1, -0.05) is 6.92 Å². The zero-order chi connectivity index (χ0) is 9.84. The predicted octanol–water partition coefficient (Wildman–Crippen LogP) is 1.44. The molecule has 0 aromatic carbocycles. The minimum Gasteiger partial charge on any atom is -0.351 e. The summed E-state index contributed by atoms with van der Waals surface area (Å²) in [6.45, 7) is 3.89. The van der Waals surface area contributed by atoms with Crippen LogP contribution in [0.1, 0.15) is 18.3 Å². The van der Waals surface area contributed by atoms with E-state index in [0.29, 0.717) is 5.69 Å². The van der Waals surface area contributed by atoms with Gasteiger partial charge in [0, 0.05) is 17.1 Å². The smallest absolute Gasteiger partial charge is 0.316 e. The fraction of sp³-hybridized carbons (Fsp3) is 0.333. The number of aryl methyl sites for hydroxylation is 2. The molecule has 2 amide bonds. The molecule has 3 N–H and O–H groups in total. The van der Waals surface area contributed by atoms with Crippen molar-refractivity contribution >= 4 is 11.7 Å². The first-order chi connectivity index (χ1) is 6.11. The Bertz CT molecular complexity index is 323. The van der Waals surface area contributed by atoms with E-state index in [1.165, 1.54) is 0 Å². The lowest BCUT2D eigenvalue weighted by Gasteiger charge is -2.04. The summed E-state index contributed by atoms with van der Waals surface area (Å²) in [5, 5.41) is 2.52. The number of amides is 2. The number of primary amides is 1. The number of nitrogens with zero attached hydrogens (tertiary/aromatic N) is 1. The summed E-state index contributed by atoms with van der Waals surface area (Å²) in [5.41, 5.74) is 7.53. The van der Waals surface area contributed by atoms with Gasteiger partial charge in [0.1, 0.15) is 0 Å². The highest BCUT2D eigenvalue weighted by Gasteiger charge is 1.99. The Kier molecular flexibility index (Phi) is 2.84. The fourth-order valence-corrected chi connectivity index (χ4v) is 1.13. The fourth-order valence-electron chi connectivity index (χ4n) is 1.13. The van der Waals surface area contributed by atoms with E-state index in [4.69, 9.17) is 5.73 Å². The number of hydrogen-bond donors (Lipinski definition) is 2. The Labute approximate surface area is 77.2 Å². The van der Waals surface area contributed by atoms with E-state index in [9.17, 15) is 4.79 Å². The monoisotopic (exact) mass is 179 g/mol. The van der Waals surface area contributed by atoms with Crippen molar-refractivity contribution in [1.82, 2.24) is 4.98 Å². The lowest BCUT2D eigenvalue weighted by molar-refractivity contribution is 0.259. The molecule has 0 aliphatic heterocycles. The van der Waals surface area contributed by atoms with Gasteiger partial charge in [0.15, 0.2) is 0 Å². The van der Waals surface area contributed by atoms with Crippen molar-refractivity contribution < 1.29 is 4.79 Å². The van der Waals surface area contributed by atoms with Crippen LogP contribution in [0.3, 0.4) is 0 Å². The maximum atomic E-state index is 10.6. The summed E-state index contributed by atoms with van der Waals surface area (Å²) < 4.78 is 0. The average molecular weight is 179 g/mol. The molecule has 1 aromatic rings. The second kappa shape index (κ2) is 3.89. The zero-order valence-corrected chi connectivity index (χ0v) is 7.79. The molecule has 4 heteroatoms. The van der Waals surface area contributed by atoms with Crippen molar-refractivity contribution in [3.63, 3.8) is 0 Å². The highest BCUT2D eigenvalue weighted by Crippen LogP contribution is 2.11. The van der Waals surface area contributed by atoms with Crippen LogP contribution in [0.25, 0.3) is 0 Å². The molecule has 0 saturated heterocycles. The van der Waals surface area contributed by atoms with Gasteiger partial charge in [-0.2, -0.15) is 0 Å². The third-order valence-corrected chi connectivity index (χ3v) is 1.64. The summed E-state index contributed by atoms with van der Waals surface area (Å²) in [7, 11) is 0. The molecule has 0 saturated carbocycles. The van der Waals surface area contributed by atoms with Gasteiger partial charge in [-0.15, -0.1) is 0 Å². The Balaban J connectivity index is 2.94. The van der Waals surface area contributed by atoms with Gasteiger partial charge in [0.2, 0.25) is 0 Å². The minimum absolute atomic E-state index is 0.548. The number of hydrogen-bond acceptors (Lipinski definition) is 2. The number of aromatic nitrogens is 1. The molecule has 70 valence electrons. The van der Waals surface area contributed by atoms with Gasteiger partial charge in [-0.05, 0) is 25.5 Å². The van der Waals surface area contributed by atoms with Crippen LogP contribution in [0.15, 0.2) is 12.1 Å². The first-order valence-corrected chi connectivity index (χ1v) is 4.16. The number of pyridine rings is 1. The molecule has 1 heterocycles. The van der Waals surface area contributed by atoms with Crippen molar-refractivity contribution in [2.75, 3.05) is 5.32 Å². The van der Waals surface area contributed by atoms with Crippen molar-refractivity contribution in [3.05, 3.63) is 23.5 Å². The lowest BCUT2D eigenvalue weighted by atomic mass is 10.2. The molecular weight excluding hydrogens is 166 g/mol. The second-order valence-corrected chi connectivity index (χ2v) is 2.83. The van der Waals surface area contributed by atoms with E-state index in [1.54, 1.807) is 6.07 Å². The Morgan fingerprint density at radius 3 is 2.85 bits per heavy atom. The number of rotatable bonds is 2. The Morgan fingerprint density at radius 2 is 2.31 bits per heavy atom. The molecule has 1 aromatic heterocycles. The van der Waals surface area contributed by atoms with Gasteiger partial charge in [0.05, 0.1) is 0 Å². The second-order valence-electron chi connectivity index (χ2n) is 2.83.